The topological polar surface area (TPSA) is 90.5 Å². The van der Waals surface area contributed by atoms with Crippen LogP contribution in [0, 0.1) is 0 Å². The average molecular weight is 414 g/mol. The number of carbonyl (C=O) groups is 1. The van der Waals surface area contributed by atoms with Gasteiger partial charge in [-0.15, -0.1) is 5.10 Å². The highest BCUT2D eigenvalue weighted by Gasteiger charge is 2.12. The molecular formula is C18H13Cl2N7O. The van der Waals surface area contributed by atoms with E-state index in [2.05, 4.69) is 25.9 Å². The molecule has 0 unspecified atom stereocenters. The average Bonchev–Trinajstić information content (AvgIpc) is 3.37. The number of hydrogen-bond acceptors (Lipinski definition) is 5. The van der Waals surface area contributed by atoms with Gasteiger partial charge in [-0.3, -0.25) is 4.79 Å². The summed E-state index contributed by atoms with van der Waals surface area (Å²) in [6, 6.07) is 13.9. The molecule has 10 heteroatoms. The number of nitrogens with zero attached hydrogens (tertiary/aromatic N) is 6. The lowest BCUT2D eigenvalue weighted by molar-refractivity contribution is 0.102. The Morgan fingerprint density at radius 3 is 2.79 bits per heavy atom. The number of benzene rings is 2. The smallest absolute Gasteiger partial charge is 0.256 e. The summed E-state index contributed by atoms with van der Waals surface area (Å²) in [5, 5.41) is 19.2. The molecule has 1 amide bonds. The van der Waals surface area contributed by atoms with Gasteiger partial charge < -0.3 is 5.32 Å². The fourth-order valence-corrected chi connectivity index (χ4v) is 3.10. The van der Waals surface area contributed by atoms with E-state index in [1.807, 2.05) is 6.07 Å². The molecule has 0 aliphatic carbocycles. The minimum absolute atomic E-state index is 0.279. The van der Waals surface area contributed by atoms with Gasteiger partial charge in [0.15, 0.2) is 0 Å². The van der Waals surface area contributed by atoms with Crippen LogP contribution >= 0.6 is 23.2 Å². The van der Waals surface area contributed by atoms with E-state index in [1.165, 1.54) is 11.0 Å². The summed E-state index contributed by atoms with van der Waals surface area (Å²) in [7, 11) is 0. The molecule has 2 heterocycles. The van der Waals surface area contributed by atoms with Crippen LogP contribution in [0.25, 0.3) is 5.69 Å². The minimum Gasteiger partial charge on any atom is -0.307 e. The number of hydrogen-bond donors (Lipinski definition) is 1. The van der Waals surface area contributed by atoms with Crippen molar-refractivity contribution < 1.29 is 4.79 Å². The summed E-state index contributed by atoms with van der Waals surface area (Å²) in [6.07, 6.45) is 3.07. The molecule has 0 bridgehead atoms. The lowest BCUT2D eigenvalue weighted by Crippen LogP contribution is -2.16. The predicted octanol–water partition coefficient (Wildman–Crippen LogP) is 3.47. The Balaban J connectivity index is 1.53. The van der Waals surface area contributed by atoms with Crippen molar-refractivity contribution in [3.63, 3.8) is 0 Å². The van der Waals surface area contributed by atoms with Crippen molar-refractivity contribution in [1.82, 2.24) is 30.0 Å². The van der Waals surface area contributed by atoms with Crippen LogP contribution in [0.4, 0.5) is 5.82 Å². The lowest BCUT2D eigenvalue weighted by Gasteiger charge is -2.11. The highest BCUT2D eigenvalue weighted by atomic mass is 35.5. The molecule has 8 nitrogen and oxygen atoms in total. The molecule has 140 valence electrons. The zero-order valence-corrected chi connectivity index (χ0v) is 15.8. The first kappa shape index (κ1) is 18.1. The maximum atomic E-state index is 12.7. The Hall–Kier alpha value is -3.23. The van der Waals surface area contributed by atoms with E-state index in [1.54, 1.807) is 53.3 Å². The summed E-state index contributed by atoms with van der Waals surface area (Å²) in [5.41, 5.74) is 1.98. The molecule has 1 N–H and O–H groups in total. The lowest BCUT2D eigenvalue weighted by atomic mass is 10.2. The van der Waals surface area contributed by atoms with Gasteiger partial charge in [0, 0.05) is 21.7 Å². The number of halogens is 2. The van der Waals surface area contributed by atoms with Crippen LogP contribution in [-0.2, 0) is 6.54 Å². The Morgan fingerprint density at radius 2 is 2.00 bits per heavy atom. The Labute approximate surface area is 169 Å². The van der Waals surface area contributed by atoms with Crippen LogP contribution in [0.15, 0.2) is 61.1 Å². The molecule has 2 aromatic carbocycles. The summed E-state index contributed by atoms with van der Waals surface area (Å²) < 4.78 is 3.13. The van der Waals surface area contributed by atoms with Gasteiger partial charge in [-0.2, -0.15) is 5.10 Å². The molecule has 0 fully saturated rings. The van der Waals surface area contributed by atoms with Gasteiger partial charge in [-0.1, -0.05) is 35.3 Å². The monoisotopic (exact) mass is 413 g/mol. The molecule has 0 aliphatic rings. The van der Waals surface area contributed by atoms with Gasteiger partial charge >= 0.3 is 0 Å². The van der Waals surface area contributed by atoms with Crippen molar-refractivity contribution in [3.8, 4) is 5.69 Å². The molecule has 28 heavy (non-hydrogen) atoms. The zero-order valence-electron chi connectivity index (χ0n) is 14.3. The Kier molecular flexibility index (Phi) is 5.05. The Morgan fingerprint density at radius 1 is 1.11 bits per heavy atom. The predicted molar refractivity (Wildman–Crippen MR) is 105 cm³/mol. The fraction of sp³-hybridized carbons (Fsp3) is 0.0556. The number of tetrazole rings is 1. The number of carbonyl (C=O) groups excluding carboxylic acids is 1. The quantitative estimate of drug-likeness (QED) is 0.540. The molecule has 4 aromatic rings. The van der Waals surface area contributed by atoms with Crippen molar-refractivity contribution in [3.05, 3.63) is 82.2 Å². The molecule has 0 spiro atoms. The largest absolute Gasteiger partial charge is 0.307 e. The molecule has 0 saturated heterocycles. The second-order valence-corrected chi connectivity index (χ2v) is 6.71. The maximum absolute atomic E-state index is 12.7. The van der Waals surface area contributed by atoms with Crippen LogP contribution in [-0.4, -0.2) is 35.9 Å². The van der Waals surface area contributed by atoms with E-state index in [-0.39, 0.29) is 5.91 Å². The van der Waals surface area contributed by atoms with Crippen LogP contribution in [0.1, 0.15) is 15.9 Å². The van der Waals surface area contributed by atoms with Crippen LogP contribution in [0.5, 0.6) is 0 Å². The molecule has 0 aliphatic heterocycles. The summed E-state index contributed by atoms with van der Waals surface area (Å²) in [6.45, 7) is 0.392. The molecular weight excluding hydrogens is 401 g/mol. The highest BCUT2D eigenvalue weighted by Crippen LogP contribution is 2.23. The zero-order chi connectivity index (χ0) is 19.5. The summed E-state index contributed by atoms with van der Waals surface area (Å²) in [5.74, 6) is 0.266. The van der Waals surface area contributed by atoms with E-state index in [4.69, 9.17) is 23.2 Å². The first-order valence-corrected chi connectivity index (χ1v) is 8.96. The van der Waals surface area contributed by atoms with Crippen LogP contribution in [0.2, 0.25) is 10.0 Å². The third-order valence-electron chi connectivity index (χ3n) is 4.02. The van der Waals surface area contributed by atoms with Gasteiger partial charge in [0.1, 0.15) is 12.1 Å². The third kappa shape index (κ3) is 3.88. The van der Waals surface area contributed by atoms with E-state index in [0.29, 0.717) is 33.7 Å². The normalized spacial score (nSPS) is 10.8. The highest BCUT2D eigenvalue weighted by molar-refractivity contribution is 6.35. The van der Waals surface area contributed by atoms with Crippen molar-refractivity contribution in [1.29, 1.82) is 0 Å². The van der Waals surface area contributed by atoms with E-state index in [9.17, 15) is 4.79 Å². The third-order valence-corrected chi connectivity index (χ3v) is 4.60. The molecule has 0 atom stereocenters. The van der Waals surface area contributed by atoms with Crippen molar-refractivity contribution in [2.45, 2.75) is 6.54 Å². The van der Waals surface area contributed by atoms with Crippen molar-refractivity contribution >= 4 is 34.9 Å². The van der Waals surface area contributed by atoms with Gasteiger partial charge in [0.25, 0.3) is 5.91 Å². The van der Waals surface area contributed by atoms with Crippen LogP contribution in [0.3, 0.4) is 0 Å². The summed E-state index contributed by atoms with van der Waals surface area (Å²) >= 11 is 12.2. The number of aromatic nitrogens is 6. The molecule has 4 rings (SSSR count). The first-order valence-electron chi connectivity index (χ1n) is 8.21. The van der Waals surface area contributed by atoms with Gasteiger partial charge in [0.2, 0.25) is 0 Å². The maximum Gasteiger partial charge on any atom is 0.256 e. The minimum atomic E-state index is -0.279. The second-order valence-electron chi connectivity index (χ2n) is 5.87. The summed E-state index contributed by atoms with van der Waals surface area (Å²) in [4.78, 5) is 12.7. The number of amides is 1. The number of anilines is 1. The first-order chi connectivity index (χ1) is 13.6. The second kappa shape index (κ2) is 7.79. The van der Waals surface area contributed by atoms with Gasteiger partial charge in [-0.25, -0.2) is 9.36 Å². The van der Waals surface area contributed by atoms with Crippen LogP contribution < -0.4 is 5.32 Å². The molecule has 2 aromatic heterocycles. The Bertz CT molecular complexity index is 1120. The standard InChI is InChI=1S/C18H13Cl2N7O/c19-14-5-4-13(16(20)9-14)10-26-17(6-7-22-26)23-18(28)12-2-1-3-15(8-12)27-11-21-24-25-27/h1-9,11H,10H2,(H,23,28). The van der Waals surface area contributed by atoms with E-state index < -0.39 is 0 Å². The fourth-order valence-electron chi connectivity index (χ4n) is 2.63. The van der Waals surface area contributed by atoms with Gasteiger partial charge in [0.05, 0.1) is 18.4 Å². The van der Waals surface area contributed by atoms with Gasteiger partial charge in [-0.05, 0) is 46.3 Å². The molecule has 0 saturated carbocycles. The van der Waals surface area contributed by atoms with Crippen molar-refractivity contribution in [2.24, 2.45) is 0 Å². The number of nitrogens with one attached hydrogen (secondary N) is 1. The SMILES string of the molecule is O=C(Nc1ccnn1Cc1ccc(Cl)cc1Cl)c1cccc(-n2cnnn2)c1. The van der Waals surface area contributed by atoms with E-state index in [0.717, 1.165) is 5.56 Å². The van der Waals surface area contributed by atoms with E-state index >= 15 is 0 Å². The number of rotatable bonds is 5. The molecule has 0 radical (unpaired) electrons. The van der Waals surface area contributed by atoms with Crippen molar-refractivity contribution in [2.75, 3.05) is 5.32 Å².